The second-order valence-corrected chi connectivity index (χ2v) is 5.37. The van der Waals surface area contributed by atoms with Gasteiger partial charge in [-0.1, -0.05) is 23.7 Å². The lowest BCUT2D eigenvalue weighted by atomic mass is 10.2. The molecule has 5 nitrogen and oxygen atoms in total. The first-order valence-electron chi connectivity index (χ1n) is 6.02. The Bertz CT molecular complexity index is 614. The summed E-state index contributed by atoms with van der Waals surface area (Å²) in [7, 11) is 1.81. The second kappa shape index (κ2) is 6.58. The van der Waals surface area contributed by atoms with E-state index < -0.39 is 0 Å². The average molecular weight is 311 g/mol. The number of nitrogens with one attached hydrogen (secondary N) is 3. The Morgan fingerprint density at radius 2 is 2.25 bits per heavy atom. The molecule has 0 bridgehead atoms. The van der Waals surface area contributed by atoms with Crippen LogP contribution in [0.25, 0.3) is 0 Å². The summed E-state index contributed by atoms with van der Waals surface area (Å²) < 4.78 is 0. The number of rotatable bonds is 4. The number of thiazole rings is 1. The Kier molecular flexibility index (Phi) is 4.81. The zero-order chi connectivity index (χ0) is 14.5. The standard InChI is InChI=1S/C13H15ClN4OS/c1-8-4-3-5-10(11(8)14)18-12(19)16-6-9-7-20-13(15-2)17-9/h3-5,7H,6H2,1-2H3,(H,15,17)(H2,16,18,19). The molecule has 7 heteroatoms. The number of nitrogens with zero attached hydrogens (tertiary/aromatic N) is 1. The van der Waals surface area contributed by atoms with Gasteiger partial charge in [0.25, 0.3) is 0 Å². The van der Waals surface area contributed by atoms with Gasteiger partial charge in [0.2, 0.25) is 0 Å². The van der Waals surface area contributed by atoms with Crippen molar-refractivity contribution in [2.75, 3.05) is 17.7 Å². The summed E-state index contributed by atoms with van der Waals surface area (Å²) in [5.41, 5.74) is 2.32. The largest absolute Gasteiger partial charge is 0.365 e. The first-order valence-corrected chi connectivity index (χ1v) is 7.28. The van der Waals surface area contributed by atoms with Gasteiger partial charge in [-0.05, 0) is 18.6 Å². The predicted molar refractivity (Wildman–Crippen MR) is 83.7 cm³/mol. The van der Waals surface area contributed by atoms with Gasteiger partial charge < -0.3 is 16.0 Å². The molecule has 0 aliphatic carbocycles. The van der Waals surface area contributed by atoms with Crippen LogP contribution in [0.5, 0.6) is 0 Å². The molecule has 1 heterocycles. The van der Waals surface area contributed by atoms with Crippen LogP contribution in [0.4, 0.5) is 15.6 Å². The number of aromatic nitrogens is 1. The van der Waals surface area contributed by atoms with E-state index in [1.165, 1.54) is 11.3 Å². The van der Waals surface area contributed by atoms with Crippen molar-refractivity contribution in [3.05, 3.63) is 39.9 Å². The van der Waals surface area contributed by atoms with E-state index >= 15 is 0 Å². The number of hydrogen-bond acceptors (Lipinski definition) is 4. The zero-order valence-corrected chi connectivity index (χ0v) is 12.7. The van der Waals surface area contributed by atoms with Gasteiger partial charge in [-0.15, -0.1) is 11.3 Å². The van der Waals surface area contributed by atoms with Gasteiger partial charge >= 0.3 is 6.03 Å². The van der Waals surface area contributed by atoms with Gasteiger partial charge in [-0.2, -0.15) is 0 Å². The van der Waals surface area contributed by atoms with Crippen molar-refractivity contribution in [3.8, 4) is 0 Å². The summed E-state index contributed by atoms with van der Waals surface area (Å²) in [6.07, 6.45) is 0. The van der Waals surface area contributed by atoms with Crippen molar-refractivity contribution in [1.29, 1.82) is 0 Å². The van der Waals surface area contributed by atoms with E-state index in [9.17, 15) is 4.79 Å². The first kappa shape index (κ1) is 14.6. The van der Waals surface area contributed by atoms with Gasteiger partial charge in [-0.3, -0.25) is 0 Å². The number of hydrogen-bond donors (Lipinski definition) is 3. The molecule has 0 saturated carbocycles. The molecule has 20 heavy (non-hydrogen) atoms. The van der Waals surface area contributed by atoms with Gasteiger partial charge in [0, 0.05) is 12.4 Å². The van der Waals surface area contributed by atoms with Crippen LogP contribution < -0.4 is 16.0 Å². The molecule has 1 aromatic carbocycles. The fourth-order valence-electron chi connectivity index (χ4n) is 1.58. The van der Waals surface area contributed by atoms with Crippen LogP contribution in [0.3, 0.4) is 0 Å². The van der Waals surface area contributed by atoms with Crippen LogP contribution in [0, 0.1) is 6.92 Å². The van der Waals surface area contributed by atoms with Crippen LogP contribution in [-0.2, 0) is 6.54 Å². The molecule has 0 saturated heterocycles. The van der Waals surface area contributed by atoms with E-state index in [1.54, 1.807) is 6.07 Å². The molecule has 2 aromatic rings. The normalized spacial score (nSPS) is 10.2. The zero-order valence-electron chi connectivity index (χ0n) is 11.2. The van der Waals surface area contributed by atoms with E-state index in [-0.39, 0.29) is 6.03 Å². The summed E-state index contributed by atoms with van der Waals surface area (Å²) in [6.45, 7) is 2.26. The second-order valence-electron chi connectivity index (χ2n) is 4.14. The van der Waals surface area contributed by atoms with Crippen molar-refractivity contribution in [2.45, 2.75) is 13.5 Å². The van der Waals surface area contributed by atoms with Crippen molar-refractivity contribution >= 4 is 39.8 Å². The van der Waals surface area contributed by atoms with Crippen molar-refractivity contribution in [2.24, 2.45) is 0 Å². The summed E-state index contributed by atoms with van der Waals surface area (Å²) in [6, 6.07) is 5.18. The molecule has 1 aromatic heterocycles. The lowest BCUT2D eigenvalue weighted by molar-refractivity contribution is 0.251. The fraction of sp³-hybridized carbons (Fsp3) is 0.231. The van der Waals surface area contributed by atoms with E-state index in [0.717, 1.165) is 16.4 Å². The number of urea groups is 1. The average Bonchev–Trinajstić information content (AvgIpc) is 2.90. The summed E-state index contributed by atoms with van der Waals surface area (Å²) in [5, 5.41) is 11.7. The summed E-state index contributed by atoms with van der Waals surface area (Å²) in [4.78, 5) is 16.1. The van der Waals surface area contributed by atoms with Crippen molar-refractivity contribution in [3.63, 3.8) is 0 Å². The smallest absolute Gasteiger partial charge is 0.319 e. The van der Waals surface area contributed by atoms with Crippen molar-refractivity contribution in [1.82, 2.24) is 10.3 Å². The van der Waals surface area contributed by atoms with Crippen LogP contribution in [-0.4, -0.2) is 18.1 Å². The van der Waals surface area contributed by atoms with Crippen LogP contribution in [0.1, 0.15) is 11.3 Å². The molecule has 2 rings (SSSR count). The SMILES string of the molecule is CNc1nc(CNC(=O)Nc2cccc(C)c2Cl)cs1. The van der Waals surface area contributed by atoms with Gasteiger partial charge in [0.1, 0.15) is 0 Å². The number of benzene rings is 1. The third-order valence-electron chi connectivity index (χ3n) is 2.64. The number of anilines is 2. The number of halogens is 1. The topological polar surface area (TPSA) is 66.0 Å². The molecule has 106 valence electrons. The summed E-state index contributed by atoms with van der Waals surface area (Å²) in [5.74, 6) is 0. The first-order chi connectivity index (χ1) is 9.60. The van der Waals surface area contributed by atoms with Crippen LogP contribution >= 0.6 is 22.9 Å². The number of amides is 2. The van der Waals surface area contributed by atoms with E-state index in [4.69, 9.17) is 11.6 Å². The highest BCUT2D eigenvalue weighted by Gasteiger charge is 2.07. The minimum absolute atomic E-state index is 0.309. The maximum atomic E-state index is 11.8. The number of carbonyl (C=O) groups excluding carboxylic acids is 1. The highest BCUT2D eigenvalue weighted by Crippen LogP contribution is 2.24. The van der Waals surface area contributed by atoms with Gasteiger partial charge in [0.05, 0.1) is 22.9 Å². The Balaban J connectivity index is 1.91. The minimum Gasteiger partial charge on any atom is -0.365 e. The predicted octanol–water partition coefficient (Wildman–Crippen LogP) is 3.47. The van der Waals surface area contributed by atoms with Gasteiger partial charge in [0.15, 0.2) is 5.13 Å². The van der Waals surface area contributed by atoms with E-state index in [0.29, 0.717) is 17.3 Å². The van der Waals surface area contributed by atoms with E-state index in [1.807, 2.05) is 31.5 Å². The Labute approximate surface area is 126 Å². The van der Waals surface area contributed by atoms with Gasteiger partial charge in [-0.25, -0.2) is 9.78 Å². The fourth-order valence-corrected chi connectivity index (χ4v) is 2.43. The lowest BCUT2D eigenvalue weighted by Gasteiger charge is -2.09. The highest BCUT2D eigenvalue weighted by atomic mass is 35.5. The Hall–Kier alpha value is -1.79. The quantitative estimate of drug-likeness (QED) is 0.810. The molecular weight excluding hydrogens is 296 g/mol. The monoisotopic (exact) mass is 310 g/mol. The Morgan fingerprint density at radius 3 is 2.95 bits per heavy atom. The molecule has 0 radical (unpaired) electrons. The van der Waals surface area contributed by atoms with Crippen LogP contribution in [0.15, 0.2) is 23.6 Å². The molecule has 0 aliphatic rings. The minimum atomic E-state index is -0.309. The third kappa shape index (κ3) is 3.61. The van der Waals surface area contributed by atoms with Crippen LogP contribution in [0.2, 0.25) is 5.02 Å². The lowest BCUT2D eigenvalue weighted by Crippen LogP contribution is -2.28. The molecule has 0 fully saturated rings. The molecule has 0 atom stereocenters. The molecule has 0 spiro atoms. The number of carbonyl (C=O) groups is 1. The van der Waals surface area contributed by atoms with Crippen molar-refractivity contribution < 1.29 is 4.79 Å². The maximum Gasteiger partial charge on any atom is 0.319 e. The van der Waals surface area contributed by atoms with E-state index in [2.05, 4.69) is 20.9 Å². The maximum absolute atomic E-state index is 11.8. The summed E-state index contributed by atoms with van der Waals surface area (Å²) >= 11 is 7.61. The Morgan fingerprint density at radius 1 is 1.45 bits per heavy atom. The molecular formula is C13H15ClN4OS. The third-order valence-corrected chi connectivity index (χ3v) is 4.05. The molecule has 0 aliphatic heterocycles. The molecule has 3 N–H and O–H groups in total. The highest BCUT2D eigenvalue weighted by molar-refractivity contribution is 7.13. The number of aryl methyl sites for hydroxylation is 1. The molecule has 2 amide bonds. The molecule has 0 unspecified atom stereocenters.